The summed E-state index contributed by atoms with van der Waals surface area (Å²) in [5.74, 6) is 0.880. The Balaban J connectivity index is 2.84. The van der Waals surface area contributed by atoms with Crippen LogP contribution in [0.3, 0.4) is 0 Å². The average Bonchev–Trinajstić information content (AvgIpc) is 2.25. The normalized spacial score (nSPS) is 12.4. The molecule has 1 atom stereocenters. The first kappa shape index (κ1) is 12.7. The number of aliphatic hydroxyl groups excluding tert-OH is 1. The highest BCUT2D eigenvalue weighted by molar-refractivity contribution is 7.99. The van der Waals surface area contributed by atoms with Crippen LogP contribution in [0.15, 0.2) is 17.2 Å². The summed E-state index contributed by atoms with van der Waals surface area (Å²) < 4.78 is 0. The van der Waals surface area contributed by atoms with E-state index >= 15 is 0 Å². The van der Waals surface area contributed by atoms with E-state index in [1.807, 2.05) is 6.92 Å². The van der Waals surface area contributed by atoms with E-state index in [0.29, 0.717) is 10.8 Å². The first-order chi connectivity index (χ1) is 7.54. The van der Waals surface area contributed by atoms with Crippen LogP contribution in [0.2, 0.25) is 0 Å². The molecular formula is C9H13N3O3S. The van der Waals surface area contributed by atoms with Crippen molar-refractivity contribution in [3.8, 4) is 0 Å². The predicted octanol–water partition coefficient (Wildman–Crippen LogP) is 1.29. The van der Waals surface area contributed by atoms with Gasteiger partial charge in [0.25, 0.3) is 0 Å². The van der Waals surface area contributed by atoms with E-state index in [9.17, 15) is 10.1 Å². The number of thioether (sulfide) groups is 1. The topological polar surface area (TPSA) is 102 Å². The first-order valence-corrected chi connectivity index (χ1v) is 5.67. The molecule has 0 radical (unpaired) electrons. The maximum absolute atomic E-state index is 10.7. The van der Waals surface area contributed by atoms with Crippen LogP contribution >= 0.6 is 11.8 Å². The number of nitrogens with zero attached hydrogens (tertiary/aromatic N) is 2. The number of rotatable bonds is 5. The second-order valence-corrected chi connectivity index (χ2v) is 4.42. The lowest BCUT2D eigenvalue weighted by molar-refractivity contribution is -0.388. The smallest absolute Gasteiger partial charge is 0.301 e. The van der Waals surface area contributed by atoms with Gasteiger partial charge in [-0.1, -0.05) is 18.7 Å². The van der Waals surface area contributed by atoms with Crippen molar-refractivity contribution in [1.82, 2.24) is 4.98 Å². The minimum Gasteiger partial charge on any atom is -0.396 e. The van der Waals surface area contributed by atoms with Crippen LogP contribution in [0, 0.1) is 16.0 Å². The Hall–Kier alpha value is -1.34. The third-order valence-electron chi connectivity index (χ3n) is 1.87. The number of nitrogens with two attached hydrogens (primary N) is 1. The van der Waals surface area contributed by atoms with Crippen molar-refractivity contribution in [2.45, 2.75) is 11.9 Å². The molecule has 6 nitrogen and oxygen atoms in total. The highest BCUT2D eigenvalue weighted by Crippen LogP contribution is 2.29. The van der Waals surface area contributed by atoms with Crippen molar-refractivity contribution < 1.29 is 10.0 Å². The van der Waals surface area contributed by atoms with E-state index in [2.05, 4.69) is 4.98 Å². The molecule has 0 saturated carbocycles. The summed E-state index contributed by atoms with van der Waals surface area (Å²) >= 11 is 1.23. The Morgan fingerprint density at radius 1 is 1.69 bits per heavy atom. The van der Waals surface area contributed by atoms with Crippen molar-refractivity contribution in [2.24, 2.45) is 5.92 Å². The quantitative estimate of drug-likeness (QED) is 0.459. The maximum Gasteiger partial charge on any atom is 0.301 e. The molecule has 3 N–H and O–H groups in total. The van der Waals surface area contributed by atoms with Gasteiger partial charge in [0, 0.05) is 18.4 Å². The fourth-order valence-corrected chi connectivity index (χ4v) is 1.97. The van der Waals surface area contributed by atoms with Crippen LogP contribution in [-0.4, -0.2) is 27.4 Å². The summed E-state index contributed by atoms with van der Waals surface area (Å²) in [6.45, 7) is 1.90. The lowest BCUT2D eigenvalue weighted by Crippen LogP contribution is -2.05. The van der Waals surface area contributed by atoms with Gasteiger partial charge in [0.1, 0.15) is 5.82 Å². The fourth-order valence-electron chi connectivity index (χ4n) is 0.966. The Morgan fingerprint density at radius 3 is 2.94 bits per heavy atom. The van der Waals surface area contributed by atoms with E-state index in [1.165, 1.54) is 23.9 Å². The van der Waals surface area contributed by atoms with E-state index in [0.717, 1.165) is 0 Å². The summed E-state index contributed by atoms with van der Waals surface area (Å²) in [5.41, 5.74) is 5.42. The minimum atomic E-state index is -0.488. The maximum atomic E-state index is 10.7. The summed E-state index contributed by atoms with van der Waals surface area (Å²) in [7, 11) is 0. The Bertz CT molecular complexity index is 386. The second-order valence-electron chi connectivity index (χ2n) is 3.42. The molecule has 0 aliphatic heterocycles. The Morgan fingerprint density at radius 2 is 2.38 bits per heavy atom. The molecule has 0 aliphatic rings. The SMILES string of the molecule is CC(CO)CSc1nc(N)ccc1[N+](=O)[O-]. The van der Waals surface area contributed by atoms with Gasteiger partial charge < -0.3 is 10.8 Å². The van der Waals surface area contributed by atoms with Crippen LogP contribution in [0.1, 0.15) is 6.92 Å². The summed E-state index contributed by atoms with van der Waals surface area (Å²) in [6.07, 6.45) is 0. The molecule has 88 valence electrons. The van der Waals surface area contributed by atoms with Crippen LogP contribution < -0.4 is 5.73 Å². The summed E-state index contributed by atoms with van der Waals surface area (Å²) in [4.78, 5) is 14.1. The number of anilines is 1. The Labute approximate surface area is 97.0 Å². The molecule has 1 heterocycles. The third kappa shape index (κ3) is 3.35. The summed E-state index contributed by atoms with van der Waals surface area (Å²) in [6, 6.07) is 2.74. The largest absolute Gasteiger partial charge is 0.396 e. The van der Waals surface area contributed by atoms with Crippen molar-refractivity contribution in [3.05, 3.63) is 22.2 Å². The first-order valence-electron chi connectivity index (χ1n) is 4.69. The van der Waals surface area contributed by atoms with Crippen molar-refractivity contribution >= 4 is 23.3 Å². The van der Waals surface area contributed by atoms with Gasteiger partial charge in [-0.15, -0.1) is 0 Å². The molecule has 0 bridgehead atoms. The molecule has 0 spiro atoms. The van der Waals surface area contributed by atoms with Crippen molar-refractivity contribution in [1.29, 1.82) is 0 Å². The molecule has 0 fully saturated rings. The van der Waals surface area contributed by atoms with Crippen LogP contribution in [0.25, 0.3) is 0 Å². The van der Waals surface area contributed by atoms with E-state index in [-0.39, 0.29) is 24.0 Å². The highest BCUT2D eigenvalue weighted by atomic mass is 32.2. The van der Waals surface area contributed by atoms with Gasteiger partial charge in [0.2, 0.25) is 0 Å². The van der Waals surface area contributed by atoms with Crippen LogP contribution in [-0.2, 0) is 0 Å². The lowest BCUT2D eigenvalue weighted by Gasteiger charge is -2.07. The zero-order chi connectivity index (χ0) is 12.1. The number of pyridine rings is 1. The molecule has 1 aromatic rings. The molecule has 1 aromatic heterocycles. The number of aromatic nitrogens is 1. The van der Waals surface area contributed by atoms with Gasteiger partial charge in [0.15, 0.2) is 5.03 Å². The fraction of sp³-hybridized carbons (Fsp3) is 0.444. The molecule has 0 aromatic carbocycles. The summed E-state index contributed by atoms with van der Waals surface area (Å²) in [5, 5.41) is 19.9. The molecule has 16 heavy (non-hydrogen) atoms. The highest BCUT2D eigenvalue weighted by Gasteiger charge is 2.16. The van der Waals surface area contributed by atoms with E-state index in [1.54, 1.807) is 0 Å². The Kier molecular flexibility index (Phi) is 4.51. The predicted molar refractivity (Wildman–Crippen MR) is 62.3 cm³/mol. The van der Waals surface area contributed by atoms with Crippen LogP contribution in [0.4, 0.5) is 11.5 Å². The van der Waals surface area contributed by atoms with Crippen molar-refractivity contribution in [3.63, 3.8) is 0 Å². The van der Waals surface area contributed by atoms with Gasteiger partial charge in [-0.25, -0.2) is 4.98 Å². The number of aliphatic hydroxyl groups is 1. The minimum absolute atomic E-state index is 0.0448. The molecule has 0 saturated heterocycles. The molecule has 1 rings (SSSR count). The molecule has 1 unspecified atom stereocenters. The number of hydrogen-bond donors (Lipinski definition) is 2. The number of hydrogen-bond acceptors (Lipinski definition) is 6. The van der Waals surface area contributed by atoms with Crippen molar-refractivity contribution in [2.75, 3.05) is 18.1 Å². The lowest BCUT2D eigenvalue weighted by atomic mass is 10.2. The van der Waals surface area contributed by atoms with Crippen LogP contribution in [0.5, 0.6) is 0 Å². The molecule has 0 amide bonds. The number of nitro groups is 1. The second kappa shape index (κ2) is 5.66. The third-order valence-corrected chi connectivity index (χ3v) is 3.18. The van der Waals surface area contributed by atoms with Gasteiger partial charge in [0.05, 0.1) is 4.92 Å². The van der Waals surface area contributed by atoms with Gasteiger partial charge in [-0.2, -0.15) is 0 Å². The molecule has 7 heteroatoms. The molecular weight excluding hydrogens is 230 g/mol. The van der Waals surface area contributed by atoms with Gasteiger partial charge in [-0.3, -0.25) is 10.1 Å². The zero-order valence-electron chi connectivity index (χ0n) is 8.79. The average molecular weight is 243 g/mol. The van der Waals surface area contributed by atoms with E-state index < -0.39 is 4.92 Å². The van der Waals surface area contributed by atoms with E-state index in [4.69, 9.17) is 10.8 Å². The monoisotopic (exact) mass is 243 g/mol. The zero-order valence-corrected chi connectivity index (χ0v) is 9.61. The standard InChI is InChI=1S/C9H13N3O3S/c1-6(4-13)5-16-9-7(12(14)15)2-3-8(10)11-9/h2-3,6,13H,4-5H2,1H3,(H2,10,11). The number of nitrogen functional groups attached to an aromatic ring is 1. The van der Waals surface area contributed by atoms with Gasteiger partial charge >= 0.3 is 5.69 Å². The van der Waals surface area contributed by atoms with Gasteiger partial charge in [-0.05, 0) is 12.0 Å². The molecule has 0 aliphatic carbocycles.